The summed E-state index contributed by atoms with van der Waals surface area (Å²) >= 11 is 11.7. The maximum absolute atomic E-state index is 11.9. The van der Waals surface area contributed by atoms with Crippen LogP contribution in [0.4, 0.5) is 11.6 Å². The van der Waals surface area contributed by atoms with Gasteiger partial charge in [-0.25, -0.2) is 0 Å². The maximum Gasteiger partial charge on any atom is 0.246 e. The van der Waals surface area contributed by atoms with E-state index in [0.29, 0.717) is 21.6 Å². The number of anilines is 2. The summed E-state index contributed by atoms with van der Waals surface area (Å²) in [6.45, 7) is 6.12. The van der Waals surface area contributed by atoms with Crippen LogP contribution in [0.1, 0.15) is 26.5 Å². The third kappa shape index (κ3) is 4.39. The molecule has 0 unspecified atom stereocenters. The minimum absolute atomic E-state index is 0.0729. The summed E-state index contributed by atoms with van der Waals surface area (Å²) in [6.07, 6.45) is 0. The highest BCUT2D eigenvalue weighted by atomic mass is 35.5. The van der Waals surface area contributed by atoms with Gasteiger partial charge in [-0.1, -0.05) is 49.1 Å². The molecule has 22 heavy (non-hydrogen) atoms. The molecule has 0 aliphatic rings. The number of carbonyl (C=O) groups excluding carboxylic acids is 1. The van der Waals surface area contributed by atoms with E-state index in [1.807, 2.05) is 20.8 Å². The standard InChI is InChI=1S/C15H17Cl2N3O2/c1-15(2,3)12-7-14(22-20-12)19-13(21)8-18-9-4-5-10(16)11(17)6-9/h4-7,18H,8H2,1-3H3,(H,19,21). The van der Waals surface area contributed by atoms with Crippen molar-refractivity contribution in [3.8, 4) is 0 Å². The van der Waals surface area contributed by atoms with Crippen molar-refractivity contribution in [2.45, 2.75) is 26.2 Å². The Kier molecular flexibility index (Phi) is 4.98. The van der Waals surface area contributed by atoms with Gasteiger partial charge in [-0.3, -0.25) is 10.1 Å². The summed E-state index contributed by atoms with van der Waals surface area (Å²) in [5.74, 6) is 0.0774. The summed E-state index contributed by atoms with van der Waals surface area (Å²) < 4.78 is 5.10. The van der Waals surface area contributed by atoms with E-state index >= 15 is 0 Å². The molecule has 0 bridgehead atoms. The van der Waals surface area contributed by atoms with Crippen LogP contribution in [-0.2, 0) is 10.2 Å². The van der Waals surface area contributed by atoms with Crippen molar-refractivity contribution in [3.05, 3.63) is 40.0 Å². The van der Waals surface area contributed by atoms with Crippen molar-refractivity contribution < 1.29 is 9.32 Å². The minimum atomic E-state index is -0.248. The fraction of sp³-hybridized carbons (Fsp3) is 0.333. The predicted octanol–water partition coefficient (Wildman–Crippen LogP) is 4.33. The van der Waals surface area contributed by atoms with Gasteiger partial charge in [0.15, 0.2) is 0 Å². The van der Waals surface area contributed by atoms with E-state index in [-0.39, 0.29) is 17.9 Å². The van der Waals surface area contributed by atoms with Gasteiger partial charge in [-0.05, 0) is 18.2 Å². The van der Waals surface area contributed by atoms with E-state index in [4.69, 9.17) is 27.7 Å². The molecule has 5 nitrogen and oxygen atoms in total. The lowest BCUT2D eigenvalue weighted by Crippen LogP contribution is -2.21. The Morgan fingerprint density at radius 3 is 2.55 bits per heavy atom. The number of halogens is 2. The Labute approximate surface area is 139 Å². The average Bonchev–Trinajstić information content (AvgIpc) is 2.88. The van der Waals surface area contributed by atoms with E-state index in [0.717, 1.165) is 5.69 Å². The molecule has 0 fully saturated rings. The number of amides is 1. The highest BCUT2D eigenvalue weighted by Gasteiger charge is 2.19. The monoisotopic (exact) mass is 341 g/mol. The van der Waals surface area contributed by atoms with Gasteiger partial charge in [0.2, 0.25) is 11.8 Å². The molecule has 2 N–H and O–H groups in total. The molecule has 1 aromatic carbocycles. The van der Waals surface area contributed by atoms with Crippen molar-refractivity contribution in [3.63, 3.8) is 0 Å². The van der Waals surface area contributed by atoms with Crippen molar-refractivity contribution in [2.24, 2.45) is 0 Å². The number of carbonyl (C=O) groups is 1. The lowest BCUT2D eigenvalue weighted by atomic mass is 9.92. The molecule has 0 aliphatic heterocycles. The van der Waals surface area contributed by atoms with Crippen LogP contribution in [-0.4, -0.2) is 17.6 Å². The zero-order valence-electron chi connectivity index (χ0n) is 12.5. The smallest absolute Gasteiger partial charge is 0.246 e. The molecule has 1 heterocycles. The predicted molar refractivity (Wildman–Crippen MR) is 88.8 cm³/mol. The first-order chi connectivity index (χ1) is 10.3. The van der Waals surface area contributed by atoms with Gasteiger partial charge >= 0.3 is 0 Å². The molecule has 0 atom stereocenters. The van der Waals surface area contributed by atoms with E-state index in [2.05, 4.69) is 15.8 Å². The zero-order valence-corrected chi connectivity index (χ0v) is 14.0. The first-order valence-electron chi connectivity index (χ1n) is 6.71. The average molecular weight is 342 g/mol. The highest BCUT2D eigenvalue weighted by Crippen LogP contribution is 2.25. The Balaban J connectivity index is 1.90. The van der Waals surface area contributed by atoms with Gasteiger partial charge in [0.05, 0.1) is 22.3 Å². The summed E-state index contributed by atoms with van der Waals surface area (Å²) in [5.41, 5.74) is 1.35. The van der Waals surface area contributed by atoms with Crippen LogP contribution in [0.5, 0.6) is 0 Å². The molecule has 0 radical (unpaired) electrons. The number of nitrogens with one attached hydrogen (secondary N) is 2. The summed E-state index contributed by atoms with van der Waals surface area (Å²) in [6, 6.07) is 6.78. The molecule has 0 spiro atoms. The number of hydrogen-bond acceptors (Lipinski definition) is 4. The lowest BCUT2D eigenvalue weighted by molar-refractivity contribution is -0.114. The Morgan fingerprint density at radius 2 is 1.95 bits per heavy atom. The maximum atomic E-state index is 11.9. The van der Waals surface area contributed by atoms with Crippen LogP contribution in [0.15, 0.2) is 28.8 Å². The van der Waals surface area contributed by atoms with Crippen LogP contribution >= 0.6 is 23.2 Å². The summed E-state index contributed by atoms with van der Waals surface area (Å²) in [4.78, 5) is 11.9. The summed E-state index contributed by atoms with van der Waals surface area (Å²) in [5, 5.41) is 10.4. The fourth-order valence-corrected chi connectivity index (χ4v) is 1.96. The van der Waals surface area contributed by atoms with Gasteiger partial charge in [0.1, 0.15) is 0 Å². The van der Waals surface area contributed by atoms with Gasteiger partial charge in [-0.15, -0.1) is 0 Å². The van der Waals surface area contributed by atoms with Crippen LogP contribution in [0.2, 0.25) is 10.0 Å². The molecule has 2 aromatic rings. The van der Waals surface area contributed by atoms with E-state index < -0.39 is 0 Å². The third-order valence-corrected chi connectivity index (χ3v) is 3.65. The quantitative estimate of drug-likeness (QED) is 0.868. The van der Waals surface area contributed by atoms with Crippen LogP contribution < -0.4 is 10.6 Å². The van der Waals surface area contributed by atoms with Gasteiger partial charge in [-0.2, -0.15) is 0 Å². The number of rotatable bonds is 4. The third-order valence-electron chi connectivity index (χ3n) is 2.91. The largest absolute Gasteiger partial charge is 0.376 e. The van der Waals surface area contributed by atoms with Gasteiger partial charge in [0.25, 0.3) is 0 Å². The van der Waals surface area contributed by atoms with Crippen LogP contribution in [0.25, 0.3) is 0 Å². The molecule has 1 amide bonds. The first kappa shape index (κ1) is 16.6. The van der Waals surface area contributed by atoms with Gasteiger partial charge in [0, 0.05) is 17.2 Å². The van der Waals surface area contributed by atoms with Gasteiger partial charge < -0.3 is 9.84 Å². The van der Waals surface area contributed by atoms with Crippen molar-refractivity contribution in [2.75, 3.05) is 17.2 Å². The highest BCUT2D eigenvalue weighted by molar-refractivity contribution is 6.42. The topological polar surface area (TPSA) is 67.2 Å². The Bertz CT molecular complexity index is 678. The Hall–Kier alpha value is -1.72. The Morgan fingerprint density at radius 1 is 1.23 bits per heavy atom. The lowest BCUT2D eigenvalue weighted by Gasteiger charge is -2.12. The van der Waals surface area contributed by atoms with Crippen LogP contribution in [0.3, 0.4) is 0 Å². The minimum Gasteiger partial charge on any atom is -0.376 e. The number of aromatic nitrogens is 1. The second-order valence-electron chi connectivity index (χ2n) is 5.86. The fourth-order valence-electron chi connectivity index (χ4n) is 1.66. The molecule has 0 saturated carbocycles. The molecule has 7 heteroatoms. The number of benzene rings is 1. The van der Waals surface area contributed by atoms with Crippen molar-refractivity contribution in [1.82, 2.24) is 5.16 Å². The number of hydrogen-bond donors (Lipinski definition) is 2. The molecular formula is C15H17Cl2N3O2. The normalized spacial score (nSPS) is 11.3. The second kappa shape index (κ2) is 6.58. The van der Waals surface area contributed by atoms with Crippen molar-refractivity contribution in [1.29, 1.82) is 0 Å². The molecule has 118 valence electrons. The summed E-state index contributed by atoms with van der Waals surface area (Å²) in [7, 11) is 0. The van der Waals surface area contributed by atoms with Crippen LogP contribution in [0, 0.1) is 0 Å². The molecule has 0 aliphatic carbocycles. The number of nitrogens with zero attached hydrogens (tertiary/aromatic N) is 1. The molecule has 1 aromatic heterocycles. The zero-order chi connectivity index (χ0) is 16.3. The van der Waals surface area contributed by atoms with E-state index in [1.165, 1.54) is 0 Å². The molecular weight excluding hydrogens is 325 g/mol. The second-order valence-corrected chi connectivity index (χ2v) is 6.67. The van der Waals surface area contributed by atoms with E-state index in [1.54, 1.807) is 24.3 Å². The van der Waals surface area contributed by atoms with E-state index in [9.17, 15) is 4.79 Å². The van der Waals surface area contributed by atoms with Crippen molar-refractivity contribution >= 4 is 40.7 Å². The molecule has 2 rings (SSSR count). The SMILES string of the molecule is CC(C)(C)c1cc(NC(=O)CNc2ccc(Cl)c(Cl)c2)on1. The first-order valence-corrected chi connectivity index (χ1v) is 7.47. The molecule has 0 saturated heterocycles.